The summed E-state index contributed by atoms with van der Waals surface area (Å²) in [4.78, 5) is 16.8. The fraction of sp³-hybridized carbons (Fsp3) is 0.400. The second-order valence-electron chi connectivity index (χ2n) is 7.01. The molecule has 3 heterocycles. The SMILES string of the molecule is Clc1ccccc1N1CCN(c2ncnc3sc4c(c23)CCCC4)CC1. The number of thiophene rings is 1. The van der Waals surface area contributed by atoms with Crippen molar-refractivity contribution in [1.29, 1.82) is 0 Å². The second kappa shape index (κ2) is 6.71. The van der Waals surface area contributed by atoms with Crippen LogP contribution in [0.2, 0.25) is 5.02 Å². The van der Waals surface area contributed by atoms with Crippen molar-refractivity contribution in [1.82, 2.24) is 9.97 Å². The van der Waals surface area contributed by atoms with Crippen molar-refractivity contribution >= 4 is 44.7 Å². The van der Waals surface area contributed by atoms with E-state index in [-0.39, 0.29) is 0 Å². The maximum atomic E-state index is 6.38. The van der Waals surface area contributed by atoms with Crippen LogP contribution in [0.25, 0.3) is 10.2 Å². The van der Waals surface area contributed by atoms with Crippen LogP contribution in [0.4, 0.5) is 11.5 Å². The third kappa shape index (κ3) is 2.74. The van der Waals surface area contributed by atoms with Gasteiger partial charge in [0.15, 0.2) is 0 Å². The smallest absolute Gasteiger partial charge is 0.141 e. The lowest BCUT2D eigenvalue weighted by Gasteiger charge is -2.37. The number of hydrogen-bond acceptors (Lipinski definition) is 5. The molecule has 1 aliphatic heterocycles. The van der Waals surface area contributed by atoms with E-state index < -0.39 is 0 Å². The summed E-state index contributed by atoms with van der Waals surface area (Å²) in [6, 6.07) is 8.11. The van der Waals surface area contributed by atoms with Crippen molar-refractivity contribution in [3.63, 3.8) is 0 Å². The molecule has 0 amide bonds. The molecule has 3 aromatic rings. The maximum absolute atomic E-state index is 6.38. The number of nitrogens with zero attached hydrogens (tertiary/aromatic N) is 4. The largest absolute Gasteiger partial charge is 0.367 e. The number of hydrogen-bond donors (Lipinski definition) is 0. The molecule has 6 heteroatoms. The van der Waals surface area contributed by atoms with Crippen LogP contribution in [0.3, 0.4) is 0 Å². The van der Waals surface area contributed by atoms with Crippen molar-refractivity contribution in [2.45, 2.75) is 25.7 Å². The normalized spacial score (nSPS) is 17.6. The highest BCUT2D eigenvalue weighted by molar-refractivity contribution is 7.19. The third-order valence-electron chi connectivity index (χ3n) is 5.50. The average molecular weight is 385 g/mol. The molecule has 134 valence electrons. The van der Waals surface area contributed by atoms with E-state index in [4.69, 9.17) is 16.6 Å². The minimum absolute atomic E-state index is 0.831. The summed E-state index contributed by atoms with van der Waals surface area (Å²) in [5.74, 6) is 1.13. The van der Waals surface area contributed by atoms with Crippen molar-refractivity contribution in [3.8, 4) is 0 Å². The predicted molar refractivity (Wildman–Crippen MR) is 110 cm³/mol. The van der Waals surface area contributed by atoms with E-state index >= 15 is 0 Å². The number of para-hydroxylation sites is 1. The molecule has 26 heavy (non-hydrogen) atoms. The number of aromatic nitrogens is 2. The highest BCUT2D eigenvalue weighted by atomic mass is 35.5. The first-order valence-corrected chi connectivity index (χ1v) is 10.5. The van der Waals surface area contributed by atoms with Crippen molar-refractivity contribution in [2.75, 3.05) is 36.0 Å². The highest BCUT2D eigenvalue weighted by Gasteiger charge is 2.25. The molecule has 1 aliphatic carbocycles. The summed E-state index contributed by atoms with van der Waals surface area (Å²) < 4.78 is 0. The molecule has 0 unspecified atom stereocenters. The lowest BCUT2D eigenvalue weighted by molar-refractivity contribution is 0.648. The van der Waals surface area contributed by atoms with Gasteiger partial charge in [-0.1, -0.05) is 23.7 Å². The molecule has 2 aliphatic rings. The van der Waals surface area contributed by atoms with Gasteiger partial charge in [0.2, 0.25) is 0 Å². The van der Waals surface area contributed by atoms with Gasteiger partial charge in [0, 0.05) is 31.1 Å². The van der Waals surface area contributed by atoms with E-state index in [1.165, 1.54) is 41.5 Å². The number of halogens is 1. The fourth-order valence-electron chi connectivity index (χ4n) is 4.18. The van der Waals surface area contributed by atoms with E-state index in [1.807, 2.05) is 23.5 Å². The topological polar surface area (TPSA) is 32.3 Å². The Kier molecular flexibility index (Phi) is 4.21. The average Bonchev–Trinajstić information content (AvgIpc) is 3.07. The van der Waals surface area contributed by atoms with E-state index in [2.05, 4.69) is 26.9 Å². The van der Waals surface area contributed by atoms with E-state index in [9.17, 15) is 0 Å². The van der Waals surface area contributed by atoms with Crippen LogP contribution in [0.15, 0.2) is 30.6 Å². The number of benzene rings is 1. The summed E-state index contributed by atoms with van der Waals surface area (Å²) in [6.07, 6.45) is 6.71. The molecule has 0 radical (unpaired) electrons. The minimum Gasteiger partial charge on any atom is -0.367 e. The highest BCUT2D eigenvalue weighted by Crippen LogP contribution is 2.39. The molecule has 0 N–H and O–H groups in total. The Labute approximate surface area is 162 Å². The molecule has 0 saturated carbocycles. The van der Waals surface area contributed by atoms with Gasteiger partial charge in [-0.15, -0.1) is 11.3 Å². The molecule has 5 rings (SSSR count). The van der Waals surface area contributed by atoms with Gasteiger partial charge in [-0.3, -0.25) is 0 Å². The molecule has 1 saturated heterocycles. The van der Waals surface area contributed by atoms with Gasteiger partial charge >= 0.3 is 0 Å². The zero-order chi connectivity index (χ0) is 17.5. The number of piperazine rings is 1. The Morgan fingerprint density at radius 1 is 0.923 bits per heavy atom. The van der Waals surface area contributed by atoms with Gasteiger partial charge in [-0.25, -0.2) is 9.97 Å². The van der Waals surface area contributed by atoms with Crippen LogP contribution < -0.4 is 9.80 Å². The summed E-state index contributed by atoms with van der Waals surface area (Å²) in [6.45, 7) is 3.84. The van der Waals surface area contributed by atoms with Gasteiger partial charge < -0.3 is 9.80 Å². The molecular weight excluding hydrogens is 364 g/mol. The molecular formula is C20H21ClN4S. The molecule has 0 spiro atoms. The molecule has 4 nitrogen and oxygen atoms in total. The number of anilines is 2. The van der Waals surface area contributed by atoms with Gasteiger partial charge in [0.25, 0.3) is 0 Å². The van der Waals surface area contributed by atoms with Gasteiger partial charge in [0.05, 0.1) is 16.1 Å². The Morgan fingerprint density at radius 2 is 1.69 bits per heavy atom. The van der Waals surface area contributed by atoms with Crippen LogP contribution in [-0.4, -0.2) is 36.1 Å². The second-order valence-corrected chi connectivity index (χ2v) is 8.50. The third-order valence-corrected chi connectivity index (χ3v) is 7.02. The van der Waals surface area contributed by atoms with Gasteiger partial charge in [-0.2, -0.15) is 0 Å². The van der Waals surface area contributed by atoms with Crippen LogP contribution in [0.5, 0.6) is 0 Å². The first-order chi connectivity index (χ1) is 12.8. The van der Waals surface area contributed by atoms with Crippen molar-refractivity contribution < 1.29 is 0 Å². The van der Waals surface area contributed by atoms with Crippen molar-refractivity contribution in [2.24, 2.45) is 0 Å². The zero-order valence-electron chi connectivity index (χ0n) is 14.6. The standard InChI is InChI=1S/C20H21ClN4S/c21-15-6-2-3-7-16(15)24-9-11-25(12-10-24)19-18-14-5-1-4-8-17(14)26-20(18)23-13-22-19/h2-3,6-7,13H,1,4-5,8-12H2. The number of aryl methyl sites for hydroxylation is 2. The molecule has 1 fully saturated rings. The van der Waals surface area contributed by atoms with Gasteiger partial charge in [0.1, 0.15) is 17.0 Å². The van der Waals surface area contributed by atoms with Crippen LogP contribution in [0.1, 0.15) is 23.3 Å². The Hall–Kier alpha value is -1.85. The summed E-state index contributed by atoms with van der Waals surface area (Å²) in [5, 5.41) is 2.15. The number of fused-ring (bicyclic) bond motifs is 3. The Morgan fingerprint density at radius 3 is 2.54 bits per heavy atom. The summed E-state index contributed by atoms with van der Waals surface area (Å²) >= 11 is 8.25. The predicted octanol–water partition coefficient (Wildman–Crippen LogP) is 4.55. The first-order valence-electron chi connectivity index (χ1n) is 9.31. The quantitative estimate of drug-likeness (QED) is 0.648. The van der Waals surface area contributed by atoms with E-state index in [0.717, 1.165) is 47.5 Å². The van der Waals surface area contributed by atoms with Crippen LogP contribution in [0, 0.1) is 0 Å². The monoisotopic (exact) mass is 384 g/mol. The minimum atomic E-state index is 0.831. The lowest BCUT2D eigenvalue weighted by Crippen LogP contribution is -2.47. The fourth-order valence-corrected chi connectivity index (χ4v) is 5.66. The van der Waals surface area contributed by atoms with Crippen molar-refractivity contribution in [3.05, 3.63) is 46.1 Å². The number of rotatable bonds is 2. The molecule has 0 atom stereocenters. The molecule has 2 aromatic heterocycles. The molecule has 1 aromatic carbocycles. The summed E-state index contributed by atoms with van der Waals surface area (Å²) in [7, 11) is 0. The summed E-state index contributed by atoms with van der Waals surface area (Å²) in [5.41, 5.74) is 2.65. The lowest BCUT2D eigenvalue weighted by atomic mass is 9.97. The Balaban J connectivity index is 1.43. The van der Waals surface area contributed by atoms with E-state index in [1.54, 1.807) is 6.33 Å². The Bertz CT molecular complexity index is 946. The van der Waals surface area contributed by atoms with Crippen LogP contribution in [-0.2, 0) is 12.8 Å². The van der Waals surface area contributed by atoms with Gasteiger partial charge in [-0.05, 0) is 43.4 Å². The zero-order valence-corrected chi connectivity index (χ0v) is 16.2. The molecule has 0 bridgehead atoms. The van der Waals surface area contributed by atoms with E-state index in [0.29, 0.717) is 0 Å². The maximum Gasteiger partial charge on any atom is 0.141 e. The van der Waals surface area contributed by atoms with Crippen LogP contribution >= 0.6 is 22.9 Å². The first kappa shape index (κ1) is 16.3.